The molecule has 4 nitrogen and oxygen atoms in total. The normalized spacial score (nSPS) is 16.9. The second-order valence-electron chi connectivity index (χ2n) is 5.22. The number of nitrogens with one attached hydrogen (secondary N) is 1. The van der Waals surface area contributed by atoms with Crippen molar-refractivity contribution in [3.63, 3.8) is 0 Å². The lowest BCUT2D eigenvalue weighted by Crippen LogP contribution is -2.27. The summed E-state index contributed by atoms with van der Waals surface area (Å²) in [6.45, 7) is 2.31. The number of benzene rings is 1. The van der Waals surface area contributed by atoms with Crippen LogP contribution in [-0.4, -0.2) is 25.4 Å². The van der Waals surface area contributed by atoms with E-state index in [1.807, 2.05) is 18.2 Å². The van der Waals surface area contributed by atoms with Crippen molar-refractivity contribution in [2.45, 2.75) is 25.7 Å². The van der Waals surface area contributed by atoms with Crippen molar-refractivity contribution in [3.8, 4) is 5.75 Å². The zero-order chi connectivity index (χ0) is 13.1. The maximum atomic E-state index is 5.39. The molecule has 0 aliphatic carbocycles. The first-order valence-electron chi connectivity index (χ1n) is 7.00. The number of aromatic nitrogens is 1. The molecule has 1 fully saturated rings. The number of ether oxygens (including phenoxy) is 1. The summed E-state index contributed by atoms with van der Waals surface area (Å²) in [5.41, 5.74) is 1.90. The Kier molecular flexibility index (Phi) is 3.69. The minimum Gasteiger partial charge on any atom is -0.497 e. The van der Waals surface area contributed by atoms with Gasteiger partial charge < -0.3 is 14.6 Å². The lowest BCUT2D eigenvalue weighted by Gasteiger charge is -2.21. The Balaban J connectivity index is 1.70. The fraction of sp³-hybridized carbons (Fsp3) is 0.533. The zero-order valence-electron chi connectivity index (χ0n) is 11.3. The van der Waals surface area contributed by atoms with Crippen LogP contribution in [0.5, 0.6) is 5.75 Å². The quantitative estimate of drug-likeness (QED) is 0.918. The molecule has 19 heavy (non-hydrogen) atoms. The molecule has 1 aliphatic heterocycles. The molecule has 1 N–H and O–H groups in total. The number of rotatable bonds is 4. The third-order valence-electron chi connectivity index (χ3n) is 4.00. The van der Waals surface area contributed by atoms with Gasteiger partial charge >= 0.3 is 0 Å². The Hall–Kier alpha value is -1.55. The van der Waals surface area contributed by atoms with Gasteiger partial charge in [0, 0.05) is 11.5 Å². The van der Waals surface area contributed by atoms with Crippen LogP contribution in [0.3, 0.4) is 0 Å². The van der Waals surface area contributed by atoms with Gasteiger partial charge in [0.25, 0.3) is 0 Å². The summed E-state index contributed by atoms with van der Waals surface area (Å²) in [7, 11) is 1.66. The first kappa shape index (κ1) is 12.5. The van der Waals surface area contributed by atoms with Crippen LogP contribution in [0.1, 0.15) is 25.0 Å². The molecule has 3 rings (SSSR count). The Morgan fingerprint density at radius 3 is 3.00 bits per heavy atom. The van der Waals surface area contributed by atoms with Gasteiger partial charge in [-0.25, -0.2) is 0 Å². The SMILES string of the molecule is COc1ccc2c(CCC3CCNCC3)noc2c1. The van der Waals surface area contributed by atoms with Crippen molar-refractivity contribution in [2.75, 3.05) is 20.2 Å². The standard InChI is InChI=1S/C15H20N2O2/c1-18-12-3-4-13-14(17-19-15(13)10-12)5-2-11-6-8-16-9-7-11/h3-4,10-11,16H,2,5-9H2,1H3. The van der Waals surface area contributed by atoms with Crippen molar-refractivity contribution in [3.05, 3.63) is 23.9 Å². The summed E-state index contributed by atoms with van der Waals surface area (Å²) in [6, 6.07) is 5.91. The first-order chi connectivity index (χ1) is 9.36. The van der Waals surface area contributed by atoms with Crippen molar-refractivity contribution in [1.29, 1.82) is 0 Å². The van der Waals surface area contributed by atoms with Crippen LogP contribution in [0, 0.1) is 5.92 Å². The summed E-state index contributed by atoms with van der Waals surface area (Å²) in [4.78, 5) is 0. The molecule has 0 bridgehead atoms. The summed E-state index contributed by atoms with van der Waals surface area (Å²) in [5, 5.41) is 8.73. The number of aryl methyl sites for hydroxylation is 1. The monoisotopic (exact) mass is 260 g/mol. The molecular formula is C15H20N2O2. The number of methoxy groups -OCH3 is 1. The number of hydrogen-bond acceptors (Lipinski definition) is 4. The maximum Gasteiger partial charge on any atom is 0.170 e. The van der Waals surface area contributed by atoms with Crippen molar-refractivity contribution >= 4 is 11.0 Å². The topological polar surface area (TPSA) is 47.3 Å². The molecule has 0 atom stereocenters. The third kappa shape index (κ3) is 2.73. The molecule has 1 aromatic carbocycles. The number of nitrogens with zero attached hydrogens (tertiary/aromatic N) is 1. The van der Waals surface area contributed by atoms with E-state index in [1.54, 1.807) is 7.11 Å². The Bertz CT molecular complexity index is 544. The predicted octanol–water partition coefficient (Wildman–Crippen LogP) is 2.77. The van der Waals surface area contributed by atoms with Gasteiger partial charge in [-0.15, -0.1) is 0 Å². The Morgan fingerprint density at radius 2 is 2.21 bits per heavy atom. The first-order valence-corrected chi connectivity index (χ1v) is 7.00. The van der Waals surface area contributed by atoms with Crippen LogP contribution in [0.15, 0.2) is 22.7 Å². The van der Waals surface area contributed by atoms with Gasteiger partial charge in [-0.2, -0.15) is 0 Å². The van der Waals surface area contributed by atoms with E-state index < -0.39 is 0 Å². The molecule has 4 heteroatoms. The minimum absolute atomic E-state index is 0.813. The molecular weight excluding hydrogens is 240 g/mol. The summed E-state index contributed by atoms with van der Waals surface area (Å²) >= 11 is 0. The van der Waals surface area contributed by atoms with E-state index in [9.17, 15) is 0 Å². The van der Waals surface area contributed by atoms with E-state index in [0.717, 1.165) is 47.8 Å². The molecule has 102 valence electrons. The van der Waals surface area contributed by atoms with Crippen LogP contribution in [0.4, 0.5) is 0 Å². The van der Waals surface area contributed by atoms with Crippen LogP contribution in [-0.2, 0) is 6.42 Å². The minimum atomic E-state index is 0.813. The Labute approximate surface area is 113 Å². The van der Waals surface area contributed by atoms with E-state index in [-0.39, 0.29) is 0 Å². The van der Waals surface area contributed by atoms with E-state index in [0.29, 0.717) is 0 Å². The molecule has 1 aromatic heterocycles. The van der Waals surface area contributed by atoms with Gasteiger partial charge in [-0.05, 0) is 56.8 Å². The molecule has 0 radical (unpaired) electrons. The second-order valence-corrected chi connectivity index (χ2v) is 5.22. The molecule has 2 aromatic rings. The lowest BCUT2D eigenvalue weighted by atomic mass is 9.92. The fourth-order valence-electron chi connectivity index (χ4n) is 2.79. The number of piperidine rings is 1. The van der Waals surface area contributed by atoms with Crippen LogP contribution in [0.2, 0.25) is 0 Å². The zero-order valence-corrected chi connectivity index (χ0v) is 11.3. The van der Waals surface area contributed by atoms with Gasteiger partial charge in [-0.1, -0.05) is 5.16 Å². The van der Waals surface area contributed by atoms with Crippen molar-refractivity contribution < 1.29 is 9.26 Å². The molecule has 1 aliphatic rings. The van der Waals surface area contributed by atoms with E-state index in [2.05, 4.69) is 10.5 Å². The fourth-order valence-corrected chi connectivity index (χ4v) is 2.79. The van der Waals surface area contributed by atoms with Gasteiger partial charge in [0.2, 0.25) is 0 Å². The summed E-state index contributed by atoms with van der Waals surface area (Å²) < 4.78 is 10.6. The lowest BCUT2D eigenvalue weighted by molar-refractivity contribution is 0.350. The molecule has 2 heterocycles. The predicted molar refractivity (Wildman–Crippen MR) is 74.5 cm³/mol. The summed E-state index contributed by atoms with van der Waals surface area (Å²) in [5.74, 6) is 1.64. The molecule has 0 unspecified atom stereocenters. The largest absolute Gasteiger partial charge is 0.497 e. The van der Waals surface area contributed by atoms with Crippen molar-refractivity contribution in [1.82, 2.24) is 10.5 Å². The summed E-state index contributed by atoms with van der Waals surface area (Å²) in [6.07, 6.45) is 4.77. The highest BCUT2D eigenvalue weighted by Crippen LogP contribution is 2.26. The molecule has 0 saturated carbocycles. The van der Waals surface area contributed by atoms with Gasteiger partial charge in [0.1, 0.15) is 5.75 Å². The highest BCUT2D eigenvalue weighted by Gasteiger charge is 2.15. The number of hydrogen-bond donors (Lipinski definition) is 1. The highest BCUT2D eigenvalue weighted by atomic mass is 16.5. The van der Waals surface area contributed by atoms with Crippen LogP contribution >= 0.6 is 0 Å². The maximum absolute atomic E-state index is 5.39. The molecule has 0 amide bonds. The van der Waals surface area contributed by atoms with Crippen LogP contribution < -0.4 is 10.1 Å². The van der Waals surface area contributed by atoms with Gasteiger partial charge in [0.15, 0.2) is 5.58 Å². The van der Waals surface area contributed by atoms with E-state index >= 15 is 0 Å². The van der Waals surface area contributed by atoms with E-state index in [1.165, 1.54) is 19.3 Å². The Morgan fingerprint density at radius 1 is 1.37 bits per heavy atom. The third-order valence-corrected chi connectivity index (χ3v) is 4.00. The smallest absolute Gasteiger partial charge is 0.170 e. The average molecular weight is 260 g/mol. The van der Waals surface area contributed by atoms with Crippen LogP contribution in [0.25, 0.3) is 11.0 Å². The highest BCUT2D eigenvalue weighted by molar-refractivity contribution is 5.80. The molecule has 1 saturated heterocycles. The van der Waals surface area contributed by atoms with Gasteiger partial charge in [-0.3, -0.25) is 0 Å². The van der Waals surface area contributed by atoms with E-state index in [4.69, 9.17) is 9.26 Å². The second kappa shape index (κ2) is 5.61. The average Bonchev–Trinajstić information content (AvgIpc) is 2.88. The number of fused-ring (bicyclic) bond motifs is 1. The molecule has 0 spiro atoms. The van der Waals surface area contributed by atoms with Gasteiger partial charge in [0.05, 0.1) is 12.8 Å². The van der Waals surface area contributed by atoms with Crippen molar-refractivity contribution in [2.24, 2.45) is 5.92 Å².